The number of nitrogens with one attached hydrogen (secondary N) is 1. The Morgan fingerprint density at radius 1 is 1.05 bits per heavy atom. The summed E-state index contributed by atoms with van der Waals surface area (Å²) in [6, 6.07) is 13.1. The Morgan fingerprint density at radius 2 is 1.65 bits per heavy atom. The number of sulfonamides is 1. The van der Waals surface area contributed by atoms with Crippen LogP contribution in [0.4, 0.5) is 0 Å². The summed E-state index contributed by atoms with van der Waals surface area (Å²) >= 11 is 3.22. The highest BCUT2D eigenvalue weighted by atomic mass is 79.9. The van der Waals surface area contributed by atoms with Crippen molar-refractivity contribution >= 4 is 31.9 Å². The summed E-state index contributed by atoms with van der Waals surface area (Å²) in [5.74, 6) is -0.666. The Hall–Kier alpha value is -1.66. The van der Waals surface area contributed by atoms with E-state index in [9.17, 15) is 13.2 Å². The highest BCUT2D eigenvalue weighted by molar-refractivity contribution is 9.10. The Kier molecular flexibility index (Phi) is 4.25. The molecular weight excluding hydrogens is 342 g/mol. The molecule has 0 aliphatic rings. The fourth-order valence-electron chi connectivity index (χ4n) is 1.74. The van der Waals surface area contributed by atoms with Crippen molar-refractivity contribution in [2.45, 2.75) is 11.8 Å². The summed E-state index contributed by atoms with van der Waals surface area (Å²) in [6.07, 6.45) is 0. The van der Waals surface area contributed by atoms with Crippen LogP contribution in [0.2, 0.25) is 0 Å². The van der Waals surface area contributed by atoms with Gasteiger partial charge in [-0.15, -0.1) is 0 Å². The van der Waals surface area contributed by atoms with E-state index in [0.29, 0.717) is 10.0 Å². The molecule has 2 aromatic carbocycles. The van der Waals surface area contributed by atoms with Crippen LogP contribution in [-0.2, 0) is 10.0 Å². The maximum Gasteiger partial charge on any atom is 0.266 e. The molecule has 0 heterocycles. The average molecular weight is 354 g/mol. The lowest BCUT2D eigenvalue weighted by atomic mass is 10.2. The highest BCUT2D eigenvalue weighted by Crippen LogP contribution is 2.18. The Labute approximate surface area is 126 Å². The largest absolute Gasteiger partial charge is 0.268 e. The Morgan fingerprint density at radius 3 is 2.30 bits per heavy atom. The van der Waals surface area contributed by atoms with Crippen LogP contribution in [0.1, 0.15) is 15.9 Å². The third-order valence-corrected chi connectivity index (χ3v) is 4.91. The van der Waals surface area contributed by atoms with Gasteiger partial charge in [-0.05, 0) is 46.6 Å². The third kappa shape index (κ3) is 3.08. The number of hydrogen-bond donors (Lipinski definition) is 1. The quantitative estimate of drug-likeness (QED) is 0.922. The van der Waals surface area contributed by atoms with Crippen LogP contribution in [0.3, 0.4) is 0 Å². The average Bonchev–Trinajstić information content (AvgIpc) is 2.38. The number of amides is 1. The van der Waals surface area contributed by atoms with Gasteiger partial charge in [0.2, 0.25) is 0 Å². The van der Waals surface area contributed by atoms with E-state index in [0.717, 1.165) is 0 Å². The second-order valence-electron chi connectivity index (χ2n) is 4.18. The standard InChI is InChI=1S/C14H12BrNO3S/c1-10-6-2-5-9-13(10)20(18,19)16-14(17)11-7-3-4-8-12(11)15/h2-9H,1H3,(H,16,17). The lowest BCUT2D eigenvalue weighted by molar-refractivity contribution is 0.0980. The normalized spacial score (nSPS) is 11.1. The topological polar surface area (TPSA) is 63.2 Å². The summed E-state index contributed by atoms with van der Waals surface area (Å²) in [5.41, 5.74) is 0.851. The van der Waals surface area contributed by atoms with Gasteiger partial charge in [-0.25, -0.2) is 13.1 Å². The molecular formula is C14H12BrNO3S. The van der Waals surface area contributed by atoms with Crippen molar-refractivity contribution in [2.24, 2.45) is 0 Å². The van der Waals surface area contributed by atoms with E-state index >= 15 is 0 Å². The van der Waals surface area contributed by atoms with Crippen molar-refractivity contribution in [1.82, 2.24) is 4.72 Å². The molecule has 1 N–H and O–H groups in total. The first-order valence-electron chi connectivity index (χ1n) is 5.79. The Balaban J connectivity index is 2.33. The molecule has 1 amide bonds. The zero-order chi connectivity index (χ0) is 14.8. The minimum Gasteiger partial charge on any atom is -0.268 e. The van der Waals surface area contributed by atoms with E-state index in [-0.39, 0.29) is 10.5 Å². The number of carbonyl (C=O) groups is 1. The fourth-order valence-corrected chi connectivity index (χ4v) is 3.41. The number of carbonyl (C=O) groups excluding carboxylic acids is 1. The molecule has 0 aliphatic carbocycles. The predicted molar refractivity (Wildman–Crippen MR) is 80.0 cm³/mol. The molecule has 0 unspecified atom stereocenters. The van der Waals surface area contributed by atoms with E-state index < -0.39 is 15.9 Å². The number of aryl methyl sites for hydroxylation is 1. The minimum atomic E-state index is -3.88. The van der Waals surface area contributed by atoms with Crippen molar-refractivity contribution in [2.75, 3.05) is 0 Å². The van der Waals surface area contributed by atoms with E-state index in [2.05, 4.69) is 20.7 Å². The first-order chi connectivity index (χ1) is 9.42. The van der Waals surface area contributed by atoms with Crippen molar-refractivity contribution in [3.05, 3.63) is 64.1 Å². The van der Waals surface area contributed by atoms with Gasteiger partial charge in [-0.1, -0.05) is 30.3 Å². The molecule has 0 radical (unpaired) electrons. The Bertz CT molecular complexity index is 757. The van der Waals surface area contributed by atoms with Gasteiger partial charge in [-0.2, -0.15) is 0 Å². The van der Waals surface area contributed by atoms with Gasteiger partial charge in [0.05, 0.1) is 10.5 Å². The van der Waals surface area contributed by atoms with Crippen LogP contribution >= 0.6 is 15.9 Å². The van der Waals surface area contributed by atoms with E-state index in [4.69, 9.17) is 0 Å². The highest BCUT2D eigenvalue weighted by Gasteiger charge is 2.21. The van der Waals surface area contributed by atoms with E-state index in [1.54, 1.807) is 49.4 Å². The van der Waals surface area contributed by atoms with Crippen LogP contribution in [0.5, 0.6) is 0 Å². The molecule has 0 aromatic heterocycles. The molecule has 0 saturated heterocycles. The fraction of sp³-hybridized carbons (Fsp3) is 0.0714. The molecule has 0 aliphatic heterocycles. The smallest absolute Gasteiger partial charge is 0.266 e. The van der Waals surface area contributed by atoms with Crippen LogP contribution in [-0.4, -0.2) is 14.3 Å². The second-order valence-corrected chi connectivity index (χ2v) is 6.69. The first kappa shape index (κ1) is 14.7. The molecule has 104 valence electrons. The number of rotatable bonds is 3. The monoisotopic (exact) mass is 353 g/mol. The van der Waals surface area contributed by atoms with Gasteiger partial charge in [0.25, 0.3) is 15.9 Å². The molecule has 0 fully saturated rings. The molecule has 20 heavy (non-hydrogen) atoms. The van der Waals surface area contributed by atoms with Gasteiger partial charge in [0, 0.05) is 4.47 Å². The summed E-state index contributed by atoms with van der Waals surface area (Å²) in [5, 5.41) is 0. The van der Waals surface area contributed by atoms with Crippen LogP contribution in [0.15, 0.2) is 57.9 Å². The summed E-state index contributed by atoms with van der Waals surface area (Å²) in [6.45, 7) is 1.68. The summed E-state index contributed by atoms with van der Waals surface area (Å²) in [7, 11) is -3.88. The zero-order valence-electron chi connectivity index (χ0n) is 10.6. The van der Waals surface area contributed by atoms with Gasteiger partial charge in [-0.3, -0.25) is 4.79 Å². The van der Waals surface area contributed by atoms with Gasteiger partial charge in [0.15, 0.2) is 0 Å². The van der Waals surface area contributed by atoms with Gasteiger partial charge < -0.3 is 0 Å². The molecule has 0 spiro atoms. The second kappa shape index (κ2) is 5.76. The van der Waals surface area contributed by atoms with Gasteiger partial charge >= 0.3 is 0 Å². The molecule has 0 saturated carbocycles. The predicted octanol–water partition coefficient (Wildman–Crippen LogP) is 2.88. The van der Waals surface area contributed by atoms with Crippen molar-refractivity contribution in [3.8, 4) is 0 Å². The minimum absolute atomic E-state index is 0.0976. The first-order valence-corrected chi connectivity index (χ1v) is 8.07. The van der Waals surface area contributed by atoms with Crippen LogP contribution in [0.25, 0.3) is 0 Å². The summed E-state index contributed by atoms with van der Waals surface area (Å²) in [4.78, 5) is 12.1. The van der Waals surface area contributed by atoms with Crippen LogP contribution < -0.4 is 4.72 Å². The third-order valence-electron chi connectivity index (χ3n) is 2.73. The van der Waals surface area contributed by atoms with Crippen molar-refractivity contribution < 1.29 is 13.2 Å². The lowest BCUT2D eigenvalue weighted by Gasteiger charge is -2.09. The van der Waals surface area contributed by atoms with Crippen molar-refractivity contribution in [1.29, 1.82) is 0 Å². The number of halogens is 1. The number of benzene rings is 2. The zero-order valence-corrected chi connectivity index (χ0v) is 13.0. The molecule has 2 rings (SSSR count). The molecule has 4 nitrogen and oxygen atoms in total. The lowest BCUT2D eigenvalue weighted by Crippen LogP contribution is -2.31. The summed E-state index contributed by atoms with van der Waals surface area (Å²) < 4.78 is 27.0. The van der Waals surface area contributed by atoms with Gasteiger partial charge in [0.1, 0.15) is 0 Å². The van der Waals surface area contributed by atoms with E-state index in [1.165, 1.54) is 6.07 Å². The SMILES string of the molecule is Cc1ccccc1S(=O)(=O)NC(=O)c1ccccc1Br. The molecule has 0 atom stereocenters. The van der Waals surface area contributed by atoms with Crippen LogP contribution in [0, 0.1) is 6.92 Å². The van der Waals surface area contributed by atoms with E-state index in [1.807, 2.05) is 0 Å². The number of hydrogen-bond acceptors (Lipinski definition) is 3. The maximum atomic E-state index is 12.2. The molecule has 2 aromatic rings. The van der Waals surface area contributed by atoms with Crippen molar-refractivity contribution in [3.63, 3.8) is 0 Å². The molecule has 0 bridgehead atoms. The maximum absolute atomic E-state index is 12.2. The molecule has 6 heteroatoms.